The molecule has 0 aliphatic carbocycles. The SMILES string of the molecule is Cc1ccc(C(=O)N2CCN(C3(c4ccccc4)CCN(C)CC3)CC2)cc1. The van der Waals surface area contributed by atoms with Gasteiger partial charge < -0.3 is 9.80 Å². The first-order valence-electron chi connectivity index (χ1n) is 10.4. The van der Waals surface area contributed by atoms with Crippen molar-refractivity contribution in [3.8, 4) is 0 Å². The number of likely N-dealkylation sites (tertiary alicyclic amines) is 1. The summed E-state index contributed by atoms with van der Waals surface area (Å²) in [6.07, 6.45) is 2.30. The van der Waals surface area contributed by atoms with Gasteiger partial charge in [0.05, 0.1) is 0 Å². The lowest BCUT2D eigenvalue weighted by Crippen LogP contribution is -2.59. The van der Waals surface area contributed by atoms with Gasteiger partial charge in [0, 0.05) is 37.3 Å². The van der Waals surface area contributed by atoms with Gasteiger partial charge in [-0.1, -0.05) is 48.0 Å². The Kier molecular flexibility index (Phi) is 5.51. The second-order valence-corrected chi connectivity index (χ2v) is 8.35. The van der Waals surface area contributed by atoms with Gasteiger partial charge in [-0.25, -0.2) is 0 Å². The molecule has 0 N–H and O–H groups in total. The number of hydrogen-bond acceptors (Lipinski definition) is 3. The molecule has 2 heterocycles. The van der Waals surface area contributed by atoms with Crippen molar-refractivity contribution in [3.05, 3.63) is 71.3 Å². The largest absolute Gasteiger partial charge is 0.336 e. The van der Waals surface area contributed by atoms with Crippen LogP contribution in [0.25, 0.3) is 0 Å². The first kappa shape index (κ1) is 19.2. The Balaban J connectivity index is 1.49. The van der Waals surface area contributed by atoms with Gasteiger partial charge in [-0.3, -0.25) is 9.69 Å². The number of carbonyl (C=O) groups excluding carboxylic acids is 1. The number of nitrogens with zero attached hydrogens (tertiary/aromatic N) is 3. The molecule has 2 saturated heterocycles. The molecular formula is C24H31N3O. The summed E-state index contributed by atoms with van der Waals surface area (Å²) in [5, 5.41) is 0. The fraction of sp³-hybridized carbons (Fsp3) is 0.458. The molecule has 2 fully saturated rings. The van der Waals surface area contributed by atoms with Crippen LogP contribution >= 0.6 is 0 Å². The molecule has 0 bridgehead atoms. The standard InChI is InChI=1S/C24H31N3O/c1-20-8-10-21(11-9-20)23(28)26-16-18-27(19-17-26)24(12-14-25(2)15-13-24)22-6-4-3-5-7-22/h3-11H,12-19H2,1-2H3. The minimum absolute atomic E-state index is 0.104. The molecule has 0 aromatic heterocycles. The van der Waals surface area contributed by atoms with Gasteiger partial charge in [0.25, 0.3) is 5.91 Å². The molecule has 4 nitrogen and oxygen atoms in total. The van der Waals surface area contributed by atoms with E-state index < -0.39 is 0 Å². The summed E-state index contributed by atoms with van der Waals surface area (Å²) in [6, 6.07) is 18.9. The van der Waals surface area contributed by atoms with Crippen molar-refractivity contribution < 1.29 is 4.79 Å². The maximum atomic E-state index is 12.9. The Morgan fingerprint density at radius 3 is 2.04 bits per heavy atom. The molecular weight excluding hydrogens is 346 g/mol. The van der Waals surface area contributed by atoms with Crippen LogP contribution in [-0.4, -0.2) is 66.9 Å². The average molecular weight is 378 g/mol. The third-order valence-corrected chi connectivity index (χ3v) is 6.60. The van der Waals surface area contributed by atoms with Crippen LogP contribution in [0.5, 0.6) is 0 Å². The highest BCUT2D eigenvalue weighted by molar-refractivity contribution is 5.94. The number of rotatable bonds is 3. The van der Waals surface area contributed by atoms with Crippen molar-refractivity contribution in [1.82, 2.24) is 14.7 Å². The highest BCUT2D eigenvalue weighted by atomic mass is 16.2. The number of amides is 1. The minimum Gasteiger partial charge on any atom is -0.336 e. The monoisotopic (exact) mass is 377 g/mol. The normalized spacial score (nSPS) is 20.9. The van der Waals surface area contributed by atoms with E-state index in [1.54, 1.807) is 0 Å². The molecule has 0 spiro atoms. The van der Waals surface area contributed by atoms with E-state index in [1.165, 1.54) is 11.1 Å². The van der Waals surface area contributed by atoms with Gasteiger partial charge >= 0.3 is 0 Å². The molecule has 2 aromatic carbocycles. The van der Waals surface area contributed by atoms with Crippen molar-refractivity contribution >= 4 is 5.91 Å². The third kappa shape index (κ3) is 3.71. The van der Waals surface area contributed by atoms with E-state index >= 15 is 0 Å². The quantitative estimate of drug-likeness (QED) is 0.821. The predicted molar refractivity (Wildman–Crippen MR) is 114 cm³/mol. The maximum Gasteiger partial charge on any atom is 0.253 e. The molecule has 1 amide bonds. The van der Waals surface area contributed by atoms with Gasteiger partial charge in [0.2, 0.25) is 0 Å². The maximum absolute atomic E-state index is 12.9. The van der Waals surface area contributed by atoms with Crippen molar-refractivity contribution in [1.29, 1.82) is 0 Å². The topological polar surface area (TPSA) is 26.8 Å². The first-order chi connectivity index (χ1) is 13.6. The molecule has 2 aromatic rings. The molecule has 0 unspecified atom stereocenters. The lowest BCUT2D eigenvalue weighted by atomic mass is 9.79. The molecule has 4 rings (SSSR count). The van der Waals surface area contributed by atoms with Crippen LogP contribution < -0.4 is 0 Å². The van der Waals surface area contributed by atoms with Crippen molar-refractivity contribution in [3.63, 3.8) is 0 Å². The lowest BCUT2D eigenvalue weighted by Gasteiger charge is -2.51. The van der Waals surface area contributed by atoms with Gasteiger partial charge in [0.1, 0.15) is 0 Å². The number of aryl methyl sites for hydroxylation is 1. The highest BCUT2D eigenvalue weighted by Gasteiger charge is 2.42. The van der Waals surface area contributed by atoms with E-state index in [-0.39, 0.29) is 11.4 Å². The van der Waals surface area contributed by atoms with E-state index in [2.05, 4.69) is 54.1 Å². The van der Waals surface area contributed by atoms with E-state index in [0.717, 1.165) is 57.7 Å². The van der Waals surface area contributed by atoms with Crippen LogP contribution in [0.1, 0.15) is 34.3 Å². The van der Waals surface area contributed by atoms with Crippen molar-refractivity contribution in [2.45, 2.75) is 25.3 Å². The van der Waals surface area contributed by atoms with Crippen molar-refractivity contribution in [2.75, 3.05) is 46.3 Å². The Bertz CT molecular complexity index is 786. The smallest absolute Gasteiger partial charge is 0.253 e. The summed E-state index contributed by atoms with van der Waals surface area (Å²) in [4.78, 5) is 20.0. The Morgan fingerprint density at radius 1 is 0.821 bits per heavy atom. The zero-order valence-electron chi connectivity index (χ0n) is 17.1. The average Bonchev–Trinajstić information content (AvgIpc) is 2.75. The molecule has 0 atom stereocenters. The summed E-state index contributed by atoms with van der Waals surface area (Å²) < 4.78 is 0. The number of piperazine rings is 1. The second kappa shape index (κ2) is 8.06. The van der Waals surface area contributed by atoms with Crippen LogP contribution in [0, 0.1) is 6.92 Å². The summed E-state index contributed by atoms with van der Waals surface area (Å²) in [5.74, 6) is 0.164. The van der Waals surface area contributed by atoms with Crippen LogP contribution in [-0.2, 0) is 5.54 Å². The minimum atomic E-state index is 0.104. The number of carbonyl (C=O) groups is 1. The summed E-state index contributed by atoms with van der Waals surface area (Å²) in [7, 11) is 2.22. The number of hydrogen-bond donors (Lipinski definition) is 0. The van der Waals surface area contributed by atoms with E-state index in [0.29, 0.717) is 0 Å². The molecule has 0 radical (unpaired) electrons. The summed E-state index contributed by atoms with van der Waals surface area (Å²) >= 11 is 0. The molecule has 4 heteroatoms. The van der Waals surface area contributed by atoms with Crippen molar-refractivity contribution in [2.24, 2.45) is 0 Å². The van der Waals surface area contributed by atoms with E-state index in [9.17, 15) is 4.79 Å². The summed E-state index contributed by atoms with van der Waals surface area (Å²) in [6.45, 7) is 7.78. The first-order valence-corrected chi connectivity index (χ1v) is 10.4. The van der Waals surface area contributed by atoms with Crippen LogP contribution in [0.2, 0.25) is 0 Å². The van der Waals surface area contributed by atoms with Gasteiger partial charge in [-0.2, -0.15) is 0 Å². The Hall–Kier alpha value is -2.17. The molecule has 0 saturated carbocycles. The van der Waals surface area contributed by atoms with Gasteiger partial charge in [0.15, 0.2) is 0 Å². The summed E-state index contributed by atoms with van der Waals surface area (Å²) in [5.41, 5.74) is 3.53. The highest BCUT2D eigenvalue weighted by Crippen LogP contribution is 2.39. The second-order valence-electron chi connectivity index (χ2n) is 8.35. The number of piperidine rings is 1. The molecule has 148 valence electrons. The Labute approximate surface area is 168 Å². The fourth-order valence-corrected chi connectivity index (χ4v) is 4.74. The zero-order valence-corrected chi connectivity index (χ0v) is 17.1. The van der Waals surface area contributed by atoms with Crippen LogP contribution in [0.15, 0.2) is 54.6 Å². The predicted octanol–water partition coefficient (Wildman–Crippen LogP) is 3.37. The zero-order chi connectivity index (χ0) is 19.6. The lowest BCUT2D eigenvalue weighted by molar-refractivity contribution is -0.00752. The van der Waals surface area contributed by atoms with Crippen LogP contribution in [0.3, 0.4) is 0 Å². The molecule has 2 aliphatic rings. The van der Waals surface area contributed by atoms with Gasteiger partial charge in [-0.05, 0) is 57.6 Å². The third-order valence-electron chi connectivity index (χ3n) is 6.60. The van der Waals surface area contributed by atoms with Gasteiger partial charge in [-0.15, -0.1) is 0 Å². The molecule has 28 heavy (non-hydrogen) atoms. The number of benzene rings is 2. The van der Waals surface area contributed by atoms with E-state index in [1.807, 2.05) is 29.2 Å². The van der Waals surface area contributed by atoms with Crippen LogP contribution in [0.4, 0.5) is 0 Å². The molecule has 2 aliphatic heterocycles. The fourth-order valence-electron chi connectivity index (χ4n) is 4.74. The van der Waals surface area contributed by atoms with E-state index in [4.69, 9.17) is 0 Å². The Morgan fingerprint density at radius 2 is 1.43 bits per heavy atom.